The van der Waals surface area contributed by atoms with Crippen molar-refractivity contribution in [3.8, 4) is 0 Å². The summed E-state index contributed by atoms with van der Waals surface area (Å²) in [5.74, 6) is 0. The van der Waals surface area contributed by atoms with Crippen molar-refractivity contribution < 1.29 is 5.11 Å². The quantitative estimate of drug-likeness (QED) is 0.817. The second-order valence-electron chi connectivity index (χ2n) is 4.29. The van der Waals surface area contributed by atoms with Crippen LogP contribution in [0.15, 0.2) is 24.3 Å². The van der Waals surface area contributed by atoms with Gasteiger partial charge in [-0.15, -0.1) is 0 Å². The molecule has 0 fully saturated rings. The van der Waals surface area contributed by atoms with Gasteiger partial charge in [-0.05, 0) is 25.0 Å². The molecule has 1 atom stereocenters. The Kier molecular flexibility index (Phi) is 2.99. The van der Waals surface area contributed by atoms with E-state index in [1.165, 1.54) is 22.2 Å². The van der Waals surface area contributed by atoms with Crippen LogP contribution >= 0.6 is 0 Å². The van der Waals surface area contributed by atoms with Crippen molar-refractivity contribution in [1.82, 2.24) is 4.57 Å². The molecule has 0 bridgehead atoms. The Balaban J connectivity index is 2.55. The molecule has 3 heteroatoms. The topological polar surface area (TPSA) is 51.2 Å². The van der Waals surface area contributed by atoms with E-state index in [9.17, 15) is 0 Å². The highest BCUT2D eigenvalue weighted by molar-refractivity contribution is 5.85. The lowest BCUT2D eigenvalue weighted by Gasteiger charge is -2.08. The van der Waals surface area contributed by atoms with Crippen molar-refractivity contribution in [2.24, 2.45) is 12.8 Å². The van der Waals surface area contributed by atoms with Crippen LogP contribution in [0, 0.1) is 6.92 Å². The highest BCUT2D eigenvalue weighted by Crippen LogP contribution is 2.25. The summed E-state index contributed by atoms with van der Waals surface area (Å²) in [7, 11) is 2.06. The van der Waals surface area contributed by atoms with Gasteiger partial charge in [0.25, 0.3) is 0 Å². The van der Waals surface area contributed by atoms with E-state index in [2.05, 4.69) is 30.7 Å². The molecule has 0 radical (unpaired) electrons. The molecule has 86 valence electrons. The van der Waals surface area contributed by atoms with Crippen LogP contribution in [0.25, 0.3) is 10.9 Å². The van der Waals surface area contributed by atoms with Crippen molar-refractivity contribution in [3.05, 3.63) is 35.5 Å². The first-order valence-corrected chi connectivity index (χ1v) is 5.54. The molecule has 0 aliphatic carbocycles. The summed E-state index contributed by atoms with van der Waals surface area (Å²) in [6.07, 6.45) is 0.726. The third-order valence-electron chi connectivity index (χ3n) is 3.23. The molecule has 0 saturated carbocycles. The van der Waals surface area contributed by atoms with Crippen LogP contribution < -0.4 is 5.73 Å². The van der Waals surface area contributed by atoms with E-state index < -0.39 is 0 Å². The number of hydrogen-bond acceptors (Lipinski definition) is 2. The number of aliphatic hydroxyl groups excluding tert-OH is 1. The van der Waals surface area contributed by atoms with E-state index in [0.717, 1.165) is 6.42 Å². The van der Waals surface area contributed by atoms with E-state index in [4.69, 9.17) is 10.8 Å². The Labute approximate surface area is 95.5 Å². The Hall–Kier alpha value is -1.32. The molecule has 16 heavy (non-hydrogen) atoms. The smallest absolute Gasteiger partial charge is 0.0585 e. The zero-order chi connectivity index (χ0) is 11.7. The van der Waals surface area contributed by atoms with Gasteiger partial charge in [-0.1, -0.05) is 18.2 Å². The fourth-order valence-electron chi connectivity index (χ4n) is 2.18. The second kappa shape index (κ2) is 4.28. The lowest BCUT2D eigenvalue weighted by atomic mass is 10.0. The fraction of sp³-hybridized carbons (Fsp3) is 0.385. The number of nitrogens with zero attached hydrogens (tertiary/aromatic N) is 1. The molecule has 0 aliphatic heterocycles. The van der Waals surface area contributed by atoms with E-state index in [-0.39, 0.29) is 12.6 Å². The lowest BCUT2D eigenvalue weighted by molar-refractivity contribution is 0.265. The molecule has 1 unspecified atom stereocenters. The zero-order valence-electron chi connectivity index (χ0n) is 9.77. The molecular formula is C13H18N2O. The standard InChI is InChI=1S/C13H18N2O/c1-9-12(7-10(14)8-16)11-5-3-4-6-13(11)15(9)2/h3-6,10,16H,7-8,14H2,1-2H3. The number of hydrogen-bond donors (Lipinski definition) is 2. The first-order valence-electron chi connectivity index (χ1n) is 5.54. The molecule has 3 N–H and O–H groups in total. The van der Waals surface area contributed by atoms with Gasteiger partial charge in [0.15, 0.2) is 0 Å². The molecule has 1 aromatic carbocycles. The maximum Gasteiger partial charge on any atom is 0.0585 e. The van der Waals surface area contributed by atoms with Gasteiger partial charge in [0, 0.05) is 29.7 Å². The van der Waals surface area contributed by atoms with Gasteiger partial charge in [-0.3, -0.25) is 0 Å². The predicted octanol–water partition coefficient (Wildman–Crippen LogP) is 1.35. The van der Waals surface area contributed by atoms with Gasteiger partial charge in [0.1, 0.15) is 0 Å². The Bertz CT molecular complexity index is 502. The average molecular weight is 218 g/mol. The maximum absolute atomic E-state index is 9.03. The number of para-hydroxylation sites is 1. The summed E-state index contributed by atoms with van der Waals surface area (Å²) in [5, 5.41) is 10.3. The summed E-state index contributed by atoms with van der Waals surface area (Å²) in [5.41, 5.74) is 9.51. The molecule has 2 aromatic rings. The third kappa shape index (κ3) is 1.72. The normalized spacial score (nSPS) is 13.2. The minimum absolute atomic E-state index is 0.0304. The van der Waals surface area contributed by atoms with E-state index in [1.54, 1.807) is 0 Å². The van der Waals surface area contributed by atoms with E-state index in [0.29, 0.717) is 0 Å². The van der Waals surface area contributed by atoms with Crippen molar-refractivity contribution in [2.75, 3.05) is 6.61 Å². The molecule has 0 saturated heterocycles. The van der Waals surface area contributed by atoms with E-state index in [1.807, 2.05) is 12.1 Å². The summed E-state index contributed by atoms with van der Waals surface area (Å²) in [6, 6.07) is 8.12. The zero-order valence-corrected chi connectivity index (χ0v) is 9.77. The van der Waals surface area contributed by atoms with Crippen molar-refractivity contribution in [1.29, 1.82) is 0 Å². The summed E-state index contributed by atoms with van der Waals surface area (Å²) >= 11 is 0. The number of fused-ring (bicyclic) bond motifs is 1. The molecule has 1 aromatic heterocycles. The molecule has 0 spiro atoms. The molecule has 0 aliphatic rings. The monoisotopic (exact) mass is 218 g/mol. The number of aliphatic hydroxyl groups is 1. The van der Waals surface area contributed by atoms with Crippen LogP contribution in [0.2, 0.25) is 0 Å². The van der Waals surface area contributed by atoms with Gasteiger partial charge in [0.05, 0.1) is 6.61 Å². The van der Waals surface area contributed by atoms with Crippen molar-refractivity contribution in [2.45, 2.75) is 19.4 Å². The molecule has 2 rings (SSSR count). The van der Waals surface area contributed by atoms with Crippen LogP contribution in [0.1, 0.15) is 11.3 Å². The van der Waals surface area contributed by atoms with Crippen LogP contribution in [-0.4, -0.2) is 22.3 Å². The number of benzene rings is 1. The summed E-state index contributed by atoms with van der Waals surface area (Å²) in [4.78, 5) is 0. The van der Waals surface area contributed by atoms with Crippen LogP contribution in [-0.2, 0) is 13.5 Å². The number of rotatable bonds is 3. The molecular weight excluding hydrogens is 200 g/mol. The highest BCUT2D eigenvalue weighted by Gasteiger charge is 2.13. The summed E-state index contributed by atoms with van der Waals surface area (Å²) in [6.45, 7) is 2.13. The molecule has 1 heterocycles. The van der Waals surface area contributed by atoms with Crippen molar-refractivity contribution >= 4 is 10.9 Å². The number of nitrogens with two attached hydrogens (primary N) is 1. The number of aryl methyl sites for hydroxylation is 1. The average Bonchev–Trinajstić information content (AvgIpc) is 2.55. The minimum atomic E-state index is -0.176. The minimum Gasteiger partial charge on any atom is -0.395 e. The largest absolute Gasteiger partial charge is 0.395 e. The SMILES string of the molecule is Cc1c(CC(N)CO)c2ccccc2n1C. The van der Waals surface area contributed by atoms with Crippen LogP contribution in [0.3, 0.4) is 0 Å². The van der Waals surface area contributed by atoms with Gasteiger partial charge in [0.2, 0.25) is 0 Å². The van der Waals surface area contributed by atoms with Crippen LogP contribution in [0.4, 0.5) is 0 Å². The first-order chi connectivity index (χ1) is 7.65. The Morgan fingerprint density at radius 1 is 1.38 bits per heavy atom. The molecule has 3 nitrogen and oxygen atoms in total. The highest BCUT2D eigenvalue weighted by atomic mass is 16.3. The van der Waals surface area contributed by atoms with Crippen LogP contribution in [0.5, 0.6) is 0 Å². The van der Waals surface area contributed by atoms with Crippen molar-refractivity contribution in [3.63, 3.8) is 0 Å². The van der Waals surface area contributed by atoms with Gasteiger partial charge < -0.3 is 15.4 Å². The number of aromatic nitrogens is 1. The second-order valence-corrected chi connectivity index (χ2v) is 4.29. The molecule has 0 amide bonds. The lowest BCUT2D eigenvalue weighted by Crippen LogP contribution is -2.27. The Morgan fingerprint density at radius 3 is 2.75 bits per heavy atom. The third-order valence-corrected chi connectivity index (χ3v) is 3.23. The Morgan fingerprint density at radius 2 is 2.06 bits per heavy atom. The van der Waals surface area contributed by atoms with Gasteiger partial charge in [-0.2, -0.15) is 0 Å². The van der Waals surface area contributed by atoms with E-state index >= 15 is 0 Å². The predicted molar refractivity (Wildman–Crippen MR) is 66.4 cm³/mol. The van der Waals surface area contributed by atoms with Gasteiger partial charge >= 0.3 is 0 Å². The van der Waals surface area contributed by atoms with Gasteiger partial charge in [-0.25, -0.2) is 0 Å². The first kappa shape index (κ1) is 11.2. The fourth-order valence-corrected chi connectivity index (χ4v) is 2.18. The maximum atomic E-state index is 9.03. The summed E-state index contributed by atoms with van der Waals surface area (Å²) < 4.78 is 2.18.